The number of carbonyl (C=O) groups excluding carboxylic acids is 2. The topological polar surface area (TPSA) is 85.1 Å². The number of carbonyl (C=O) groups is 2. The molecule has 148 valence electrons. The summed E-state index contributed by atoms with van der Waals surface area (Å²) in [6.07, 6.45) is 5.59. The lowest BCUT2D eigenvalue weighted by Crippen LogP contribution is -2.44. The fraction of sp³-hybridized carbons (Fsp3) is 0.571. The minimum absolute atomic E-state index is 0.204. The highest BCUT2D eigenvalue weighted by molar-refractivity contribution is 6.00. The number of aromatic nitrogens is 2. The van der Waals surface area contributed by atoms with Gasteiger partial charge < -0.3 is 5.32 Å². The van der Waals surface area contributed by atoms with Gasteiger partial charge in [0.05, 0.1) is 11.0 Å². The van der Waals surface area contributed by atoms with Crippen molar-refractivity contribution in [3.05, 3.63) is 34.2 Å². The van der Waals surface area contributed by atoms with Gasteiger partial charge in [-0.2, -0.15) is 0 Å². The van der Waals surface area contributed by atoms with Crippen LogP contribution in [0.4, 0.5) is 0 Å². The van der Waals surface area contributed by atoms with Crippen molar-refractivity contribution in [1.29, 1.82) is 0 Å². The molecule has 3 aliphatic rings. The predicted octanol–water partition coefficient (Wildman–Crippen LogP) is 1.56. The Morgan fingerprint density at radius 1 is 1.07 bits per heavy atom. The van der Waals surface area contributed by atoms with Crippen molar-refractivity contribution in [2.75, 3.05) is 13.1 Å². The van der Waals surface area contributed by atoms with Crippen LogP contribution in [0.1, 0.15) is 56.0 Å². The van der Waals surface area contributed by atoms with Crippen LogP contribution in [-0.4, -0.2) is 34.0 Å². The molecule has 1 saturated carbocycles. The molecule has 1 unspecified atom stereocenters. The SMILES string of the molecule is Cn1c(=O)n(C2CCC(=O)NC2=O)c2ccc(C3CC4(CCNCC4)C3)cc21. The van der Waals surface area contributed by atoms with E-state index < -0.39 is 6.04 Å². The number of imide groups is 1. The Bertz CT molecular complexity index is 1020. The number of aryl methyl sites for hydroxylation is 1. The van der Waals surface area contributed by atoms with Gasteiger partial charge >= 0.3 is 5.69 Å². The molecule has 1 atom stereocenters. The Labute approximate surface area is 163 Å². The molecule has 3 fully saturated rings. The number of imidazole rings is 1. The van der Waals surface area contributed by atoms with Gasteiger partial charge in [0.15, 0.2) is 0 Å². The molecule has 3 heterocycles. The third kappa shape index (κ3) is 2.64. The number of nitrogens with one attached hydrogen (secondary N) is 2. The quantitative estimate of drug-likeness (QED) is 0.772. The van der Waals surface area contributed by atoms with Crippen molar-refractivity contribution >= 4 is 22.8 Å². The molecule has 2 aromatic rings. The van der Waals surface area contributed by atoms with Gasteiger partial charge in [0, 0.05) is 13.5 Å². The van der Waals surface area contributed by atoms with E-state index in [4.69, 9.17) is 0 Å². The first-order valence-electron chi connectivity index (χ1n) is 10.2. The smallest absolute Gasteiger partial charge is 0.317 e. The van der Waals surface area contributed by atoms with Gasteiger partial charge in [-0.05, 0) is 74.2 Å². The number of hydrogen-bond acceptors (Lipinski definition) is 4. The van der Waals surface area contributed by atoms with Crippen LogP contribution < -0.4 is 16.3 Å². The summed E-state index contributed by atoms with van der Waals surface area (Å²) < 4.78 is 3.18. The average Bonchev–Trinajstić information content (AvgIpc) is 2.91. The van der Waals surface area contributed by atoms with Crippen LogP contribution in [-0.2, 0) is 16.6 Å². The van der Waals surface area contributed by atoms with Crippen molar-refractivity contribution in [3.63, 3.8) is 0 Å². The fourth-order valence-corrected chi connectivity index (χ4v) is 5.45. The van der Waals surface area contributed by atoms with E-state index in [0.29, 0.717) is 17.8 Å². The van der Waals surface area contributed by atoms with Crippen LogP contribution in [0.15, 0.2) is 23.0 Å². The summed E-state index contributed by atoms with van der Waals surface area (Å²) in [5, 5.41) is 5.80. The molecule has 2 aliphatic heterocycles. The van der Waals surface area contributed by atoms with E-state index in [1.54, 1.807) is 16.2 Å². The van der Waals surface area contributed by atoms with Crippen LogP contribution in [0, 0.1) is 5.41 Å². The van der Waals surface area contributed by atoms with Gasteiger partial charge in [0.1, 0.15) is 6.04 Å². The maximum Gasteiger partial charge on any atom is 0.329 e. The van der Waals surface area contributed by atoms with Gasteiger partial charge in [0.25, 0.3) is 0 Å². The van der Waals surface area contributed by atoms with Crippen LogP contribution in [0.3, 0.4) is 0 Å². The molecule has 5 rings (SSSR count). The molecule has 1 aliphatic carbocycles. The molecule has 1 spiro atoms. The highest BCUT2D eigenvalue weighted by atomic mass is 16.2. The Morgan fingerprint density at radius 2 is 1.82 bits per heavy atom. The second kappa shape index (κ2) is 6.30. The molecule has 28 heavy (non-hydrogen) atoms. The minimum atomic E-state index is -0.624. The number of fused-ring (bicyclic) bond motifs is 1. The normalized spacial score (nSPS) is 25.1. The molecule has 2 N–H and O–H groups in total. The van der Waals surface area contributed by atoms with E-state index in [9.17, 15) is 14.4 Å². The van der Waals surface area contributed by atoms with Crippen LogP contribution >= 0.6 is 0 Å². The highest BCUT2D eigenvalue weighted by Gasteiger charge is 2.45. The Balaban J connectivity index is 1.47. The molecular weight excluding hydrogens is 356 g/mol. The molecule has 7 nitrogen and oxygen atoms in total. The van der Waals surface area contributed by atoms with E-state index in [1.807, 2.05) is 6.07 Å². The number of benzene rings is 1. The van der Waals surface area contributed by atoms with Crippen molar-refractivity contribution in [2.45, 2.75) is 50.5 Å². The highest BCUT2D eigenvalue weighted by Crippen LogP contribution is 2.56. The summed E-state index contributed by atoms with van der Waals surface area (Å²) in [6.45, 7) is 2.24. The molecule has 1 aromatic heterocycles. The van der Waals surface area contributed by atoms with E-state index in [1.165, 1.54) is 31.2 Å². The summed E-state index contributed by atoms with van der Waals surface area (Å²) in [7, 11) is 1.76. The third-order valence-corrected chi connectivity index (χ3v) is 7.13. The zero-order chi connectivity index (χ0) is 19.5. The average molecular weight is 382 g/mol. The van der Waals surface area contributed by atoms with Gasteiger partial charge in [-0.15, -0.1) is 0 Å². The Kier molecular flexibility index (Phi) is 3.98. The van der Waals surface area contributed by atoms with Crippen molar-refractivity contribution in [2.24, 2.45) is 12.5 Å². The zero-order valence-electron chi connectivity index (χ0n) is 16.2. The van der Waals surface area contributed by atoms with Crippen molar-refractivity contribution in [3.8, 4) is 0 Å². The summed E-state index contributed by atoms with van der Waals surface area (Å²) in [4.78, 5) is 36.6. The second-order valence-corrected chi connectivity index (χ2v) is 8.78. The largest absolute Gasteiger partial charge is 0.329 e. The van der Waals surface area contributed by atoms with Gasteiger partial charge in [-0.3, -0.25) is 24.0 Å². The van der Waals surface area contributed by atoms with Crippen molar-refractivity contribution < 1.29 is 9.59 Å². The standard InChI is InChI=1S/C21H26N4O3/c1-24-17-10-13(14-11-21(12-14)6-8-22-9-7-21)2-3-15(17)25(20(24)28)16-4-5-18(26)23-19(16)27/h2-3,10,14,16,22H,4-9,11-12H2,1H3,(H,23,26,27). The van der Waals surface area contributed by atoms with E-state index in [0.717, 1.165) is 24.1 Å². The molecular formula is C21H26N4O3. The zero-order valence-corrected chi connectivity index (χ0v) is 16.2. The second-order valence-electron chi connectivity index (χ2n) is 8.78. The minimum Gasteiger partial charge on any atom is -0.317 e. The van der Waals surface area contributed by atoms with E-state index in [2.05, 4.69) is 22.8 Å². The molecule has 7 heteroatoms. The molecule has 1 aromatic carbocycles. The predicted molar refractivity (Wildman–Crippen MR) is 105 cm³/mol. The summed E-state index contributed by atoms with van der Waals surface area (Å²) in [5.41, 5.74) is 3.22. The van der Waals surface area contributed by atoms with Crippen LogP contribution in [0.5, 0.6) is 0 Å². The Morgan fingerprint density at radius 3 is 2.54 bits per heavy atom. The maximum absolute atomic E-state index is 12.9. The number of nitrogens with zero attached hydrogens (tertiary/aromatic N) is 2. The first-order chi connectivity index (χ1) is 13.5. The number of amides is 2. The number of rotatable bonds is 2. The lowest BCUT2D eigenvalue weighted by Gasteiger charge is -2.50. The lowest BCUT2D eigenvalue weighted by molar-refractivity contribution is -0.135. The first kappa shape index (κ1) is 17.7. The first-order valence-corrected chi connectivity index (χ1v) is 10.2. The fourth-order valence-electron chi connectivity index (χ4n) is 5.45. The summed E-state index contributed by atoms with van der Waals surface area (Å²) >= 11 is 0. The van der Waals surface area contributed by atoms with Crippen molar-refractivity contribution in [1.82, 2.24) is 19.8 Å². The van der Waals surface area contributed by atoms with Gasteiger partial charge in [0.2, 0.25) is 11.8 Å². The molecule has 0 radical (unpaired) electrons. The van der Waals surface area contributed by atoms with E-state index in [-0.39, 0.29) is 23.9 Å². The summed E-state index contributed by atoms with van der Waals surface area (Å²) in [6, 6.07) is 5.59. The lowest BCUT2D eigenvalue weighted by atomic mass is 9.56. The van der Waals surface area contributed by atoms with E-state index >= 15 is 0 Å². The number of piperidine rings is 2. The maximum atomic E-state index is 12.9. The van der Waals surface area contributed by atoms with Crippen LogP contribution in [0.25, 0.3) is 11.0 Å². The molecule has 0 bridgehead atoms. The monoisotopic (exact) mass is 382 g/mol. The molecule has 2 saturated heterocycles. The molecule has 2 amide bonds. The van der Waals surface area contributed by atoms with Gasteiger partial charge in [-0.1, -0.05) is 6.07 Å². The summed E-state index contributed by atoms with van der Waals surface area (Å²) in [5.74, 6) is -0.105. The van der Waals surface area contributed by atoms with Crippen LogP contribution in [0.2, 0.25) is 0 Å². The Hall–Kier alpha value is -2.41. The van der Waals surface area contributed by atoms with Gasteiger partial charge in [-0.25, -0.2) is 4.79 Å². The number of hydrogen-bond donors (Lipinski definition) is 2. The third-order valence-electron chi connectivity index (χ3n) is 7.13.